The minimum Gasteiger partial charge on any atom is -0.504 e. The molecule has 2 nitrogen and oxygen atoms in total. The Hall–Kier alpha value is -2.43. The maximum Gasteiger partial charge on any atom is 0.275 e. The second-order valence-electron chi connectivity index (χ2n) is 5.12. The molecule has 2 atom stereocenters. The molecule has 0 saturated carbocycles. The predicted molar refractivity (Wildman–Crippen MR) is 64.4 cm³/mol. The number of hydrogen-bond donors (Lipinski definition) is 2. The molecule has 134 valence electrons. The van der Waals surface area contributed by atoms with Gasteiger partial charge in [-0.15, -0.1) is 0 Å². The molecule has 2 N–H and O–H groups in total. The lowest BCUT2D eigenvalue weighted by atomic mass is 9.85. The molecule has 0 aromatic heterocycles. The Morgan fingerprint density at radius 2 is 1.24 bits per heavy atom. The topological polar surface area (TPSA) is 40.5 Å². The Labute approximate surface area is 131 Å². The highest BCUT2D eigenvalue weighted by atomic mass is 19.2. The summed E-state index contributed by atoms with van der Waals surface area (Å²) in [6.07, 6.45) is -3.82. The zero-order valence-electron chi connectivity index (χ0n) is 11.4. The molecule has 0 heterocycles. The van der Waals surface area contributed by atoms with Crippen molar-refractivity contribution in [2.45, 2.75) is 12.0 Å². The fourth-order valence-electron chi connectivity index (χ4n) is 2.63. The smallest absolute Gasteiger partial charge is 0.275 e. The number of aromatic hydroxyl groups is 1. The molecule has 0 saturated heterocycles. The summed E-state index contributed by atoms with van der Waals surface area (Å²) in [6.45, 7) is 0. The van der Waals surface area contributed by atoms with Crippen LogP contribution in [0.2, 0.25) is 0 Å². The van der Waals surface area contributed by atoms with Gasteiger partial charge in [-0.3, -0.25) is 0 Å². The first kappa shape index (κ1) is 17.4. The lowest BCUT2D eigenvalue weighted by molar-refractivity contribution is -0.149. The Morgan fingerprint density at radius 1 is 0.760 bits per heavy atom. The van der Waals surface area contributed by atoms with E-state index >= 15 is 0 Å². The number of rotatable bonds is 0. The molecule has 0 radical (unpaired) electrons. The molecule has 2 aromatic carbocycles. The normalized spacial score (nSPS) is 23.4. The molecule has 1 aliphatic rings. The van der Waals surface area contributed by atoms with Crippen LogP contribution in [0.3, 0.4) is 0 Å². The Kier molecular flexibility index (Phi) is 3.50. The number of hydrogen-bond acceptors (Lipinski definition) is 2. The van der Waals surface area contributed by atoms with Gasteiger partial charge >= 0.3 is 0 Å². The minimum atomic E-state index is -4.65. The first-order chi connectivity index (χ1) is 11.4. The summed E-state index contributed by atoms with van der Waals surface area (Å²) in [4.78, 5) is 0. The van der Waals surface area contributed by atoms with Crippen LogP contribution in [0.25, 0.3) is 16.6 Å². The van der Waals surface area contributed by atoms with Crippen molar-refractivity contribution in [2.24, 2.45) is 0 Å². The number of aliphatic hydroxyl groups is 1. The van der Waals surface area contributed by atoms with E-state index in [-0.39, 0.29) is 0 Å². The summed E-state index contributed by atoms with van der Waals surface area (Å²) >= 11 is 0. The van der Waals surface area contributed by atoms with Gasteiger partial charge in [0, 0.05) is 10.9 Å². The van der Waals surface area contributed by atoms with Crippen LogP contribution in [0.5, 0.6) is 5.75 Å². The van der Waals surface area contributed by atoms with E-state index in [1.54, 1.807) is 0 Å². The summed E-state index contributed by atoms with van der Waals surface area (Å²) in [5, 5.41) is 15.2. The summed E-state index contributed by atoms with van der Waals surface area (Å²) < 4.78 is 123. The van der Waals surface area contributed by atoms with Crippen molar-refractivity contribution < 1.29 is 49.7 Å². The lowest BCUT2D eigenvalue weighted by Crippen LogP contribution is -2.38. The maximum atomic E-state index is 14.1. The van der Waals surface area contributed by atoms with E-state index in [0.717, 1.165) is 0 Å². The van der Waals surface area contributed by atoms with Crippen molar-refractivity contribution in [1.29, 1.82) is 0 Å². The van der Waals surface area contributed by atoms with Crippen molar-refractivity contribution in [1.82, 2.24) is 0 Å². The molecule has 3 rings (SSSR count). The monoisotopic (exact) mass is 374 g/mol. The van der Waals surface area contributed by atoms with E-state index in [1.807, 2.05) is 0 Å². The summed E-state index contributed by atoms with van der Waals surface area (Å²) in [7, 11) is 0. The predicted octanol–water partition coefficient (Wildman–Crippen LogP) is 4.31. The van der Waals surface area contributed by atoms with Gasteiger partial charge in [0.15, 0.2) is 46.5 Å². The zero-order chi connectivity index (χ0) is 19.0. The van der Waals surface area contributed by atoms with E-state index in [0.29, 0.717) is 0 Å². The van der Waals surface area contributed by atoms with Gasteiger partial charge in [0.1, 0.15) is 0 Å². The fourth-order valence-corrected chi connectivity index (χ4v) is 2.63. The highest BCUT2D eigenvalue weighted by Crippen LogP contribution is 2.52. The van der Waals surface area contributed by atoms with Gasteiger partial charge in [-0.05, 0) is 0 Å². The van der Waals surface area contributed by atoms with Crippen molar-refractivity contribution in [3.8, 4) is 5.75 Å². The van der Waals surface area contributed by atoms with Crippen LogP contribution in [0.15, 0.2) is 5.83 Å². The summed E-state index contributed by atoms with van der Waals surface area (Å²) in [6, 6.07) is 0. The van der Waals surface area contributed by atoms with Crippen molar-refractivity contribution >= 4 is 16.6 Å². The van der Waals surface area contributed by atoms with E-state index in [9.17, 15) is 49.7 Å². The average molecular weight is 374 g/mol. The van der Waals surface area contributed by atoms with Gasteiger partial charge in [-0.25, -0.2) is 39.5 Å². The van der Waals surface area contributed by atoms with E-state index in [1.165, 1.54) is 0 Å². The van der Waals surface area contributed by atoms with Gasteiger partial charge in [-0.2, -0.15) is 0 Å². The van der Waals surface area contributed by atoms with Gasteiger partial charge in [0.2, 0.25) is 6.17 Å². The summed E-state index contributed by atoms with van der Waals surface area (Å²) in [5.74, 6) is -24.2. The van der Waals surface area contributed by atoms with Crippen LogP contribution >= 0.6 is 0 Å². The number of phenols is 1. The molecule has 0 aliphatic heterocycles. The quantitative estimate of drug-likeness (QED) is 0.410. The third-order valence-corrected chi connectivity index (χ3v) is 3.77. The van der Waals surface area contributed by atoms with E-state index in [4.69, 9.17) is 0 Å². The molecule has 0 fully saturated rings. The first-order valence-electron chi connectivity index (χ1n) is 6.25. The average Bonchev–Trinajstić information content (AvgIpc) is 2.56. The molecular weight excluding hydrogens is 371 g/mol. The number of phenolic OH excluding ortho intramolecular Hbond substituents is 1. The van der Waals surface area contributed by atoms with Crippen molar-refractivity contribution in [2.75, 3.05) is 0 Å². The maximum absolute atomic E-state index is 14.1. The van der Waals surface area contributed by atoms with Crippen LogP contribution in [-0.2, 0) is 5.85 Å². The molecule has 0 bridgehead atoms. The van der Waals surface area contributed by atoms with Gasteiger partial charge in [0.25, 0.3) is 5.85 Å². The van der Waals surface area contributed by atoms with Gasteiger partial charge in [0.05, 0.1) is 10.9 Å². The lowest BCUT2D eigenvalue weighted by Gasteiger charge is -2.30. The van der Waals surface area contributed by atoms with Crippen LogP contribution in [-0.4, -0.2) is 16.4 Å². The Morgan fingerprint density at radius 3 is 1.76 bits per heavy atom. The second kappa shape index (κ2) is 5.04. The summed E-state index contributed by atoms with van der Waals surface area (Å²) in [5.41, 5.74) is -4.06. The number of alkyl halides is 2. The van der Waals surface area contributed by atoms with Crippen LogP contribution in [0, 0.1) is 29.1 Å². The number of benzene rings is 2. The molecule has 0 amide bonds. The molecule has 11 heteroatoms. The van der Waals surface area contributed by atoms with Crippen LogP contribution in [0.4, 0.5) is 39.5 Å². The molecule has 1 aliphatic carbocycles. The fraction of sp³-hybridized carbons (Fsp3) is 0.143. The standard InChI is InChI=1S/C14H3F9O2/c15-5-1-2-4(14(23,25)13(22)11(21)6(2)16)8(18)12(24)3(1)7(17)10(20)9(5)19/h13,24-25H. The Bertz CT molecular complexity index is 981. The third-order valence-electron chi connectivity index (χ3n) is 3.77. The number of halogens is 9. The van der Waals surface area contributed by atoms with Gasteiger partial charge < -0.3 is 10.2 Å². The van der Waals surface area contributed by atoms with E-state index < -0.39 is 80.4 Å². The van der Waals surface area contributed by atoms with Crippen LogP contribution < -0.4 is 0 Å². The molecule has 2 aromatic rings. The van der Waals surface area contributed by atoms with Crippen molar-refractivity contribution in [3.05, 3.63) is 46.0 Å². The molecule has 0 spiro atoms. The largest absolute Gasteiger partial charge is 0.504 e. The zero-order valence-corrected chi connectivity index (χ0v) is 11.4. The van der Waals surface area contributed by atoms with Crippen LogP contribution in [0.1, 0.15) is 11.1 Å². The van der Waals surface area contributed by atoms with Crippen molar-refractivity contribution in [3.63, 3.8) is 0 Å². The Balaban J connectivity index is 2.73. The minimum absolute atomic E-state index is 1.79. The molecule has 25 heavy (non-hydrogen) atoms. The molecular formula is C14H3F9O2. The SMILES string of the molecule is Oc1c(F)c2c(c3c(F)c(F)c(F)c(F)c13)C(F)=C(F)C(F)C2(O)F. The number of fused-ring (bicyclic) bond motifs is 3. The second-order valence-corrected chi connectivity index (χ2v) is 5.12. The third kappa shape index (κ3) is 1.92. The van der Waals surface area contributed by atoms with E-state index in [2.05, 4.69) is 0 Å². The molecule has 2 unspecified atom stereocenters. The first-order valence-corrected chi connectivity index (χ1v) is 6.25. The van der Waals surface area contributed by atoms with Gasteiger partial charge in [-0.1, -0.05) is 0 Å². The highest BCUT2D eigenvalue weighted by Gasteiger charge is 2.53. The highest BCUT2D eigenvalue weighted by molar-refractivity contribution is 6.00.